The number of fused-ring (bicyclic) bond motifs is 1. The molecule has 0 radical (unpaired) electrons. The van der Waals surface area contributed by atoms with Gasteiger partial charge in [-0.2, -0.15) is 13.2 Å². The fraction of sp³-hybridized carbons (Fsp3) is 0.588. The first-order valence-electron chi connectivity index (χ1n) is 14.9. The van der Waals surface area contributed by atoms with Gasteiger partial charge in [0.05, 0.1) is 5.92 Å². The Labute approximate surface area is 236 Å². The first-order chi connectivity index (χ1) is 18.7. The Morgan fingerprint density at radius 2 is 1.26 bits per heavy atom. The van der Waals surface area contributed by atoms with Crippen molar-refractivity contribution in [1.82, 2.24) is 4.90 Å². The number of aryl methyl sites for hydroxylation is 4. The van der Waals surface area contributed by atoms with E-state index < -0.39 is 12.1 Å². The molecule has 1 aliphatic heterocycles. The summed E-state index contributed by atoms with van der Waals surface area (Å²) in [7, 11) is 2.17. The average Bonchev–Trinajstić information content (AvgIpc) is 3.43. The van der Waals surface area contributed by atoms with Crippen molar-refractivity contribution in [2.75, 3.05) is 20.1 Å². The summed E-state index contributed by atoms with van der Waals surface area (Å²) in [6.07, 6.45) is 5.76. The van der Waals surface area contributed by atoms with Crippen LogP contribution in [0.5, 0.6) is 0 Å². The van der Waals surface area contributed by atoms with Crippen LogP contribution >= 0.6 is 0 Å². The van der Waals surface area contributed by atoms with Crippen LogP contribution in [0.2, 0.25) is 0 Å². The lowest BCUT2D eigenvalue weighted by atomic mass is 9.88. The molecular weight excluding hydrogens is 498 g/mol. The highest BCUT2D eigenvalue weighted by Gasteiger charge is 2.38. The number of nitrogens with zero attached hydrogens (tertiary/aromatic N) is 1. The minimum absolute atomic E-state index is 0.0417. The molecule has 2 aromatic carbocycles. The third kappa shape index (κ3) is 15.9. The number of allylic oxidation sites excluding steroid dienone is 1. The first kappa shape index (κ1) is 36.9. The molecule has 1 aliphatic carbocycles. The minimum Gasteiger partial charge on any atom is -0.306 e. The van der Waals surface area contributed by atoms with Crippen LogP contribution in [-0.2, 0) is 25.7 Å². The van der Waals surface area contributed by atoms with Crippen molar-refractivity contribution in [3.8, 4) is 0 Å². The quantitative estimate of drug-likeness (QED) is 0.255. The second-order valence-corrected chi connectivity index (χ2v) is 9.67. The zero-order chi connectivity index (χ0) is 29.7. The molecule has 222 valence electrons. The maximum Gasteiger partial charge on any atom is 0.391 e. The molecule has 1 atom stereocenters. The van der Waals surface area contributed by atoms with E-state index in [9.17, 15) is 17.6 Å². The normalized spacial score (nSPS) is 14.9. The van der Waals surface area contributed by atoms with Gasteiger partial charge in [0.1, 0.15) is 5.82 Å². The molecule has 1 nitrogen and oxygen atoms in total. The van der Waals surface area contributed by atoms with Crippen molar-refractivity contribution in [2.24, 2.45) is 5.92 Å². The smallest absolute Gasteiger partial charge is 0.306 e. The van der Waals surface area contributed by atoms with Gasteiger partial charge in [-0.3, -0.25) is 0 Å². The van der Waals surface area contributed by atoms with E-state index >= 15 is 0 Å². The number of hydrogen-bond acceptors (Lipinski definition) is 1. The van der Waals surface area contributed by atoms with Crippen molar-refractivity contribution >= 4 is 0 Å². The molecule has 1 heterocycles. The van der Waals surface area contributed by atoms with Crippen LogP contribution in [-0.4, -0.2) is 31.2 Å². The molecule has 0 bridgehead atoms. The zero-order valence-corrected chi connectivity index (χ0v) is 25.3. The Morgan fingerprint density at radius 3 is 1.72 bits per heavy atom. The average molecular weight is 552 g/mol. The number of hydrogen-bond donors (Lipinski definition) is 0. The predicted molar refractivity (Wildman–Crippen MR) is 161 cm³/mol. The summed E-state index contributed by atoms with van der Waals surface area (Å²) in [6.45, 7) is 15.9. The topological polar surface area (TPSA) is 3.24 Å². The molecule has 1 unspecified atom stereocenters. The van der Waals surface area contributed by atoms with Crippen molar-refractivity contribution in [3.63, 3.8) is 0 Å². The van der Waals surface area contributed by atoms with Crippen LogP contribution in [0.25, 0.3) is 0 Å². The SMILES string of the molecule is C=CC.CC.CC.CN1CCCC1.Fc1ccc(CCC(CCc2ccc3c(c2)CCCC3)C(F)(F)F)cc1. The van der Waals surface area contributed by atoms with E-state index in [1.165, 1.54) is 62.0 Å². The van der Waals surface area contributed by atoms with Crippen LogP contribution in [0, 0.1) is 11.7 Å². The molecule has 4 rings (SSSR count). The second kappa shape index (κ2) is 21.7. The maximum atomic E-state index is 13.4. The molecule has 0 saturated carbocycles. The second-order valence-electron chi connectivity index (χ2n) is 9.67. The van der Waals surface area contributed by atoms with Gasteiger partial charge in [0, 0.05) is 0 Å². The van der Waals surface area contributed by atoms with E-state index in [0.717, 1.165) is 24.0 Å². The molecule has 2 aromatic rings. The Hall–Kier alpha value is -2.14. The molecule has 0 aromatic heterocycles. The summed E-state index contributed by atoms with van der Waals surface area (Å²) < 4.78 is 53.1. The van der Waals surface area contributed by atoms with E-state index in [4.69, 9.17) is 0 Å². The molecule has 0 amide bonds. The van der Waals surface area contributed by atoms with Crippen LogP contribution in [0.3, 0.4) is 0 Å². The van der Waals surface area contributed by atoms with E-state index in [1.54, 1.807) is 18.2 Å². The number of rotatable bonds is 6. The van der Waals surface area contributed by atoms with Crippen LogP contribution in [0.4, 0.5) is 17.6 Å². The number of benzene rings is 2. The molecule has 1 saturated heterocycles. The van der Waals surface area contributed by atoms with E-state index in [2.05, 4.69) is 30.7 Å². The lowest BCUT2D eigenvalue weighted by Crippen LogP contribution is -2.24. The maximum absolute atomic E-state index is 13.4. The van der Waals surface area contributed by atoms with Gasteiger partial charge in [0.25, 0.3) is 0 Å². The van der Waals surface area contributed by atoms with Crippen molar-refractivity contribution in [3.05, 3.63) is 83.2 Å². The highest BCUT2D eigenvalue weighted by atomic mass is 19.4. The standard InChI is InChI=1S/C22H24F4.C5H11N.C3H6.2C2H6/c23-21-13-8-16(9-14-21)6-11-20(22(24,25)26)12-7-17-5-10-18-3-1-2-4-19(18)15-17;1-6-4-2-3-5-6;1-3-2;2*1-2/h5,8-10,13-15,20H,1-4,6-7,11-12H2;2-5H2,1H3;3H,1H2,2H3;2*1-2H3. The van der Waals surface area contributed by atoms with Crippen LogP contribution < -0.4 is 0 Å². The molecule has 39 heavy (non-hydrogen) atoms. The Bertz CT molecular complexity index is 868. The van der Waals surface area contributed by atoms with Crippen molar-refractivity contribution in [2.45, 2.75) is 105 Å². The first-order valence-corrected chi connectivity index (χ1v) is 14.9. The van der Waals surface area contributed by atoms with E-state index in [0.29, 0.717) is 12.8 Å². The summed E-state index contributed by atoms with van der Waals surface area (Å²) in [6, 6.07) is 11.9. The molecule has 1 fully saturated rings. The Kier molecular flexibility index (Phi) is 20.5. The summed E-state index contributed by atoms with van der Waals surface area (Å²) in [5.41, 5.74) is 4.41. The van der Waals surface area contributed by atoms with Crippen molar-refractivity contribution in [1.29, 1.82) is 0 Å². The van der Waals surface area contributed by atoms with Crippen LogP contribution in [0.1, 0.15) is 95.4 Å². The highest BCUT2D eigenvalue weighted by Crippen LogP contribution is 2.34. The number of halogens is 4. The fourth-order valence-corrected chi connectivity index (χ4v) is 4.62. The number of likely N-dealkylation sites (tertiary alicyclic amines) is 1. The van der Waals surface area contributed by atoms with E-state index in [1.807, 2.05) is 40.7 Å². The fourth-order valence-electron chi connectivity index (χ4n) is 4.62. The van der Waals surface area contributed by atoms with Gasteiger partial charge in [-0.1, -0.05) is 64.1 Å². The Balaban J connectivity index is 0.000000929. The van der Waals surface area contributed by atoms with E-state index in [-0.39, 0.29) is 18.7 Å². The molecule has 0 N–H and O–H groups in total. The molecule has 2 aliphatic rings. The van der Waals surface area contributed by atoms with Gasteiger partial charge in [-0.05, 0) is 126 Å². The van der Waals surface area contributed by atoms with Gasteiger partial charge in [-0.15, -0.1) is 6.58 Å². The van der Waals surface area contributed by atoms with Crippen LogP contribution in [0.15, 0.2) is 55.1 Å². The number of alkyl halides is 3. The Morgan fingerprint density at radius 1 is 0.795 bits per heavy atom. The summed E-state index contributed by atoms with van der Waals surface area (Å²) in [4.78, 5) is 2.36. The highest BCUT2D eigenvalue weighted by molar-refractivity contribution is 5.34. The zero-order valence-electron chi connectivity index (χ0n) is 25.3. The predicted octanol–water partition coefficient (Wildman–Crippen LogP) is 10.4. The van der Waals surface area contributed by atoms with Gasteiger partial charge in [0.15, 0.2) is 0 Å². The van der Waals surface area contributed by atoms with Gasteiger partial charge in [-0.25, -0.2) is 4.39 Å². The minimum atomic E-state index is -4.20. The van der Waals surface area contributed by atoms with Crippen molar-refractivity contribution < 1.29 is 17.6 Å². The lowest BCUT2D eigenvalue weighted by Gasteiger charge is -2.21. The van der Waals surface area contributed by atoms with Gasteiger partial charge < -0.3 is 4.90 Å². The molecule has 0 spiro atoms. The summed E-state index contributed by atoms with van der Waals surface area (Å²) in [5, 5.41) is 0. The largest absolute Gasteiger partial charge is 0.391 e. The van der Waals surface area contributed by atoms with Gasteiger partial charge >= 0.3 is 6.18 Å². The lowest BCUT2D eigenvalue weighted by molar-refractivity contribution is -0.177. The summed E-state index contributed by atoms with van der Waals surface area (Å²) >= 11 is 0. The molecular formula is C34H53F4N. The summed E-state index contributed by atoms with van der Waals surface area (Å²) in [5.74, 6) is -1.70. The third-order valence-corrected chi connectivity index (χ3v) is 6.68. The molecule has 5 heteroatoms. The third-order valence-electron chi connectivity index (χ3n) is 6.68. The monoisotopic (exact) mass is 551 g/mol. The van der Waals surface area contributed by atoms with Gasteiger partial charge in [0.2, 0.25) is 0 Å².